The zero-order valence-corrected chi connectivity index (χ0v) is 38.4. The molecule has 0 amide bonds. The van der Waals surface area contributed by atoms with Gasteiger partial charge in [-0.1, -0.05) is 192 Å². The zero-order valence-electron chi connectivity index (χ0n) is 38.4. The average molecular weight is 839 g/mol. The highest BCUT2D eigenvalue weighted by atomic mass is 16.6. The molecule has 0 rings (SSSR count). The van der Waals surface area contributed by atoms with Crippen LogP contribution in [0.5, 0.6) is 0 Å². The average Bonchev–Trinajstić information content (AvgIpc) is 3.26. The van der Waals surface area contributed by atoms with E-state index < -0.39 is 18.0 Å². The van der Waals surface area contributed by atoms with Crippen LogP contribution in [-0.4, -0.2) is 37.2 Å². The minimum Gasteiger partial charge on any atom is -0.462 e. The quantitative estimate of drug-likeness (QED) is 0.0265. The van der Waals surface area contributed by atoms with Crippen LogP contribution >= 0.6 is 0 Å². The van der Waals surface area contributed by atoms with Crippen LogP contribution in [0.2, 0.25) is 0 Å². The molecule has 0 fully saturated rings. The molecule has 0 aromatic carbocycles. The van der Waals surface area contributed by atoms with E-state index in [4.69, 9.17) is 14.2 Å². The molecule has 0 heterocycles. The molecule has 6 heteroatoms. The van der Waals surface area contributed by atoms with Gasteiger partial charge in [0.05, 0.1) is 12.8 Å². The number of ether oxygens (including phenoxy) is 3. The highest BCUT2D eigenvalue weighted by molar-refractivity contribution is 5.72. The summed E-state index contributed by atoms with van der Waals surface area (Å²) in [7, 11) is 0. The third kappa shape index (κ3) is 46.2. The van der Waals surface area contributed by atoms with Crippen LogP contribution in [0.3, 0.4) is 0 Å². The zero-order chi connectivity index (χ0) is 44.4. The first-order valence-electron chi connectivity index (χ1n) is 23.3. The largest absolute Gasteiger partial charge is 0.462 e. The van der Waals surface area contributed by atoms with Crippen molar-refractivity contribution in [3.05, 3.63) is 146 Å². The summed E-state index contributed by atoms with van der Waals surface area (Å²) >= 11 is 0. The van der Waals surface area contributed by atoms with Crippen LogP contribution in [0.4, 0.5) is 0 Å². The Bertz CT molecular complexity index is 1430. The van der Waals surface area contributed by atoms with Crippen molar-refractivity contribution in [2.24, 2.45) is 0 Å². The maximum Gasteiger partial charge on any atom is 0.310 e. The summed E-state index contributed by atoms with van der Waals surface area (Å²) < 4.78 is 16.5. The molecule has 0 aromatic rings. The van der Waals surface area contributed by atoms with E-state index in [1.54, 1.807) is 12.2 Å². The van der Waals surface area contributed by atoms with Gasteiger partial charge in [-0.2, -0.15) is 0 Å². The van der Waals surface area contributed by atoms with E-state index in [1.807, 2.05) is 12.2 Å². The molecule has 0 radical (unpaired) electrons. The van der Waals surface area contributed by atoms with Gasteiger partial charge >= 0.3 is 17.9 Å². The number of unbranched alkanes of at least 4 members (excludes halogenated alkanes) is 6. The highest BCUT2D eigenvalue weighted by Gasteiger charge is 2.19. The minimum atomic E-state index is -0.883. The molecule has 0 aliphatic rings. The number of rotatable bonds is 39. The molecule has 61 heavy (non-hydrogen) atoms. The lowest BCUT2D eigenvalue weighted by molar-refractivity contribution is -0.166. The van der Waals surface area contributed by atoms with E-state index >= 15 is 0 Å². The van der Waals surface area contributed by atoms with Crippen molar-refractivity contribution in [1.82, 2.24) is 0 Å². The van der Waals surface area contributed by atoms with Gasteiger partial charge in [-0.15, -0.1) is 0 Å². The van der Waals surface area contributed by atoms with Crippen LogP contribution in [-0.2, 0) is 28.6 Å². The fraction of sp³-hybridized carbons (Fsp3) is 0.509. The van der Waals surface area contributed by atoms with Gasteiger partial charge in [-0.25, -0.2) is 0 Å². The van der Waals surface area contributed by atoms with Gasteiger partial charge in [0, 0.05) is 6.42 Å². The SMILES string of the molecule is CC/C=C\C/C=C\C/C=C\C/C=C\C/C=C\CC(=O)OCC(COC(=O)CCCCCCC/C=C\C/C=C\CCC)OC(=O)C/C=C\C/C=C\C/C=C\C/C=C\C/C=C\CC. The lowest BCUT2D eigenvalue weighted by atomic mass is 10.1. The molecule has 0 aromatic heterocycles. The Balaban J connectivity index is 4.71. The number of esters is 3. The van der Waals surface area contributed by atoms with Gasteiger partial charge in [0.25, 0.3) is 0 Å². The first kappa shape index (κ1) is 56.3. The lowest BCUT2D eigenvalue weighted by Crippen LogP contribution is -2.30. The van der Waals surface area contributed by atoms with Crippen LogP contribution < -0.4 is 0 Å². The summed E-state index contributed by atoms with van der Waals surface area (Å²) in [6, 6.07) is 0. The van der Waals surface area contributed by atoms with Gasteiger partial charge in [0.2, 0.25) is 0 Å². The fourth-order valence-electron chi connectivity index (χ4n) is 5.45. The molecule has 0 aliphatic heterocycles. The molecule has 0 saturated heterocycles. The van der Waals surface area contributed by atoms with Crippen LogP contribution in [0.25, 0.3) is 0 Å². The summed E-state index contributed by atoms with van der Waals surface area (Å²) in [5.74, 6) is -1.26. The first-order valence-corrected chi connectivity index (χ1v) is 23.3. The smallest absolute Gasteiger partial charge is 0.310 e. The number of hydrogen-bond donors (Lipinski definition) is 0. The molecule has 6 nitrogen and oxygen atoms in total. The predicted molar refractivity (Wildman–Crippen MR) is 260 cm³/mol. The van der Waals surface area contributed by atoms with E-state index in [0.29, 0.717) is 19.3 Å². The Morgan fingerprint density at radius 3 is 1.15 bits per heavy atom. The van der Waals surface area contributed by atoms with Crippen molar-refractivity contribution in [3.8, 4) is 0 Å². The molecular weight excluding hydrogens is 757 g/mol. The van der Waals surface area contributed by atoms with E-state index in [0.717, 1.165) is 103 Å². The topological polar surface area (TPSA) is 78.9 Å². The van der Waals surface area contributed by atoms with Crippen LogP contribution in [0, 0.1) is 0 Å². The van der Waals surface area contributed by atoms with Gasteiger partial charge in [0.15, 0.2) is 6.10 Å². The third-order valence-electron chi connectivity index (χ3n) is 8.86. The minimum absolute atomic E-state index is 0.0672. The summed E-state index contributed by atoms with van der Waals surface area (Å²) in [5, 5.41) is 0. The monoisotopic (exact) mass is 839 g/mol. The number of carbonyl (C=O) groups excluding carboxylic acids is 3. The van der Waals surface area contributed by atoms with Crippen molar-refractivity contribution in [2.45, 2.75) is 168 Å². The van der Waals surface area contributed by atoms with Crippen molar-refractivity contribution < 1.29 is 28.6 Å². The predicted octanol–water partition coefficient (Wildman–Crippen LogP) is 15.3. The molecule has 0 aliphatic carbocycles. The Hall–Kier alpha value is -4.71. The van der Waals surface area contributed by atoms with Crippen LogP contribution in [0.15, 0.2) is 146 Å². The van der Waals surface area contributed by atoms with Gasteiger partial charge in [-0.3, -0.25) is 14.4 Å². The molecule has 0 bridgehead atoms. The molecule has 338 valence electrons. The Labute approximate surface area is 372 Å². The lowest BCUT2D eigenvalue weighted by Gasteiger charge is -2.17. The number of allylic oxidation sites excluding steroid dienone is 22. The van der Waals surface area contributed by atoms with E-state index in [9.17, 15) is 14.4 Å². The normalized spacial score (nSPS) is 13.4. The second-order valence-electron chi connectivity index (χ2n) is 14.6. The van der Waals surface area contributed by atoms with Gasteiger partial charge < -0.3 is 14.2 Å². The summed E-state index contributed by atoms with van der Waals surface area (Å²) in [5.41, 5.74) is 0. The second-order valence-corrected chi connectivity index (χ2v) is 14.6. The second kappa shape index (κ2) is 48.0. The molecule has 1 atom stereocenters. The fourth-order valence-corrected chi connectivity index (χ4v) is 5.45. The van der Waals surface area contributed by atoms with Crippen molar-refractivity contribution >= 4 is 17.9 Å². The van der Waals surface area contributed by atoms with E-state index in [-0.39, 0.29) is 32.0 Å². The Morgan fingerprint density at radius 2 is 0.705 bits per heavy atom. The van der Waals surface area contributed by atoms with Crippen molar-refractivity contribution in [3.63, 3.8) is 0 Å². The number of hydrogen-bond acceptors (Lipinski definition) is 6. The maximum atomic E-state index is 12.7. The molecular formula is C55H82O6. The molecule has 0 saturated carbocycles. The van der Waals surface area contributed by atoms with Crippen molar-refractivity contribution in [2.75, 3.05) is 13.2 Å². The van der Waals surface area contributed by atoms with Gasteiger partial charge in [-0.05, 0) is 96.3 Å². The van der Waals surface area contributed by atoms with Crippen molar-refractivity contribution in [1.29, 1.82) is 0 Å². The number of carbonyl (C=O) groups is 3. The third-order valence-corrected chi connectivity index (χ3v) is 8.86. The van der Waals surface area contributed by atoms with Crippen LogP contribution in [0.1, 0.15) is 162 Å². The Kier molecular flexibility index (Phi) is 44.3. The summed E-state index contributed by atoms with van der Waals surface area (Å²) in [6.45, 7) is 6.11. The summed E-state index contributed by atoms with van der Waals surface area (Å²) in [4.78, 5) is 37.7. The maximum absolute atomic E-state index is 12.7. The molecule has 0 N–H and O–H groups in total. The standard InChI is InChI=1S/C55H82O6/c1-4-7-10-13-16-19-22-25-27-30-33-36-39-42-45-48-54(57)60-51-52(50-59-53(56)47-44-41-38-35-32-29-24-21-18-15-12-9-6-3)61-55(58)49-46-43-40-37-34-31-28-26-23-20-17-14-11-8-5-2/h7-8,10-12,15-17,19-21,24-28,33-34,36-37,42-43,45-46,52H,4-6,9,13-14,18,22-23,29-32,35,38-41,44,47-51H2,1-3H3/b10-7-,11-8-,15-12-,19-16-,20-17-,24-21-,27-25-,28-26-,36-33-,37-34-,45-42-,46-43-. The van der Waals surface area contributed by atoms with E-state index in [1.165, 1.54) is 6.42 Å². The van der Waals surface area contributed by atoms with E-state index in [2.05, 4.69) is 142 Å². The first-order chi connectivity index (χ1) is 30.0. The molecule has 1 unspecified atom stereocenters. The Morgan fingerprint density at radius 1 is 0.361 bits per heavy atom. The highest BCUT2D eigenvalue weighted by Crippen LogP contribution is 2.10. The molecule has 0 spiro atoms. The summed E-state index contributed by atoms with van der Waals surface area (Å²) in [6.07, 6.45) is 68.8. The van der Waals surface area contributed by atoms with Gasteiger partial charge in [0.1, 0.15) is 13.2 Å².